The van der Waals surface area contributed by atoms with Crippen molar-refractivity contribution in [2.24, 2.45) is 5.84 Å². The van der Waals surface area contributed by atoms with E-state index in [1.54, 1.807) is 21.3 Å². The van der Waals surface area contributed by atoms with E-state index in [-0.39, 0.29) is 24.8 Å². The predicted molar refractivity (Wildman–Crippen MR) is 71.6 cm³/mol. The largest absolute Gasteiger partial charge is 0.493 e. The molecule has 1 aromatic rings. The Bertz CT molecular complexity index is 338. The van der Waals surface area contributed by atoms with Crippen LogP contribution in [-0.4, -0.2) is 21.3 Å². The van der Waals surface area contributed by atoms with E-state index >= 15 is 0 Å². The summed E-state index contributed by atoms with van der Waals surface area (Å²) in [5, 5.41) is 0. The van der Waals surface area contributed by atoms with Crippen LogP contribution in [0.4, 0.5) is 0 Å². The van der Waals surface area contributed by atoms with Gasteiger partial charge in [-0.15, -0.1) is 24.8 Å². The van der Waals surface area contributed by atoms with Crippen molar-refractivity contribution in [3.05, 3.63) is 17.7 Å². The van der Waals surface area contributed by atoms with Gasteiger partial charge in [0.05, 0.1) is 21.3 Å². The van der Waals surface area contributed by atoms with Gasteiger partial charge in [0, 0.05) is 12.1 Å². The summed E-state index contributed by atoms with van der Waals surface area (Å²) in [6.45, 7) is 0.503. The Labute approximate surface area is 113 Å². The molecule has 0 heterocycles. The van der Waals surface area contributed by atoms with E-state index in [1.165, 1.54) is 0 Å². The van der Waals surface area contributed by atoms with Crippen LogP contribution in [0.15, 0.2) is 12.1 Å². The van der Waals surface area contributed by atoms with Crippen LogP contribution in [0.5, 0.6) is 17.2 Å². The minimum atomic E-state index is 0. The maximum absolute atomic E-state index is 5.27. The minimum absolute atomic E-state index is 0. The first kappa shape index (κ1) is 18.5. The summed E-state index contributed by atoms with van der Waals surface area (Å²) < 4.78 is 15.6. The van der Waals surface area contributed by atoms with Crippen LogP contribution in [0.25, 0.3) is 0 Å². The molecule has 17 heavy (non-hydrogen) atoms. The molecule has 0 bridgehead atoms. The van der Waals surface area contributed by atoms with Gasteiger partial charge in [-0.05, 0) is 6.07 Å². The molecule has 0 saturated heterocycles. The van der Waals surface area contributed by atoms with Gasteiger partial charge in [-0.3, -0.25) is 11.3 Å². The van der Waals surface area contributed by atoms with Gasteiger partial charge in [-0.1, -0.05) is 6.07 Å². The topological polar surface area (TPSA) is 65.7 Å². The highest BCUT2D eigenvalue weighted by Gasteiger charge is 2.14. The first-order valence-electron chi connectivity index (χ1n) is 4.49. The molecule has 7 heteroatoms. The van der Waals surface area contributed by atoms with Crippen molar-refractivity contribution in [1.82, 2.24) is 5.43 Å². The molecular weight excluding hydrogens is 267 g/mol. The summed E-state index contributed by atoms with van der Waals surface area (Å²) in [5.41, 5.74) is 3.49. The highest BCUT2D eigenvalue weighted by atomic mass is 35.5. The minimum Gasteiger partial charge on any atom is -0.493 e. The maximum Gasteiger partial charge on any atom is 0.203 e. The zero-order chi connectivity index (χ0) is 11.3. The van der Waals surface area contributed by atoms with Gasteiger partial charge in [-0.25, -0.2) is 0 Å². The molecule has 0 aromatic heterocycles. The highest BCUT2D eigenvalue weighted by molar-refractivity contribution is 5.85. The molecule has 0 aliphatic rings. The molecule has 100 valence electrons. The number of benzene rings is 1. The van der Waals surface area contributed by atoms with Gasteiger partial charge in [0.2, 0.25) is 5.75 Å². The Morgan fingerprint density at radius 2 is 1.59 bits per heavy atom. The predicted octanol–water partition coefficient (Wildman–Crippen LogP) is 1.52. The molecule has 0 fully saturated rings. The molecule has 0 saturated carbocycles. The second kappa shape index (κ2) is 9.18. The van der Waals surface area contributed by atoms with E-state index in [0.717, 1.165) is 5.56 Å². The Morgan fingerprint density at radius 1 is 1.00 bits per heavy atom. The summed E-state index contributed by atoms with van der Waals surface area (Å²) in [4.78, 5) is 0. The Morgan fingerprint density at radius 3 is 2.00 bits per heavy atom. The summed E-state index contributed by atoms with van der Waals surface area (Å²) >= 11 is 0. The van der Waals surface area contributed by atoms with Crippen LogP contribution >= 0.6 is 24.8 Å². The molecule has 1 aromatic carbocycles. The zero-order valence-corrected chi connectivity index (χ0v) is 11.6. The van der Waals surface area contributed by atoms with E-state index in [9.17, 15) is 0 Å². The zero-order valence-electron chi connectivity index (χ0n) is 9.98. The molecule has 1 rings (SSSR count). The lowest BCUT2D eigenvalue weighted by Crippen LogP contribution is -2.21. The molecule has 0 radical (unpaired) electrons. The van der Waals surface area contributed by atoms with Crippen molar-refractivity contribution < 1.29 is 14.2 Å². The van der Waals surface area contributed by atoms with E-state index < -0.39 is 0 Å². The first-order valence-corrected chi connectivity index (χ1v) is 4.49. The van der Waals surface area contributed by atoms with E-state index in [2.05, 4.69) is 5.43 Å². The average molecular weight is 285 g/mol. The van der Waals surface area contributed by atoms with Crippen molar-refractivity contribution in [2.75, 3.05) is 21.3 Å². The number of hydrogen-bond acceptors (Lipinski definition) is 5. The van der Waals surface area contributed by atoms with Crippen LogP contribution in [0, 0.1) is 0 Å². The molecule has 3 N–H and O–H groups in total. The lowest BCUT2D eigenvalue weighted by Gasteiger charge is -2.15. The van der Waals surface area contributed by atoms with Gasteiger partial charge < -0.3 is 14.2 Å². The van der Waals surface area contributed by atoms with Gasteiger partial charge in [0.15, 0.2) is 11.5 Å². The third kappa shape index (κ3) is 4.12. The van der Waals surface area contributed by atoms with Crippen LogP contribution in [0.3, 0.4) is 0 Å². The normalized spacial score (nSPS) is 8.71. The summed E-state index contributed by atoms with van der Waals surface area (Å²) in [7, 11) is 4.73. The van der Waals surface area contributed by atoms with E-state index in [1.807, 2.05) is 12.1 Å². The van der Waals surface area contributed by atoms with Gasteiger partial charge >= 0.3 is 0 Å². The number of nitrogens with two attached hydrogens (primary N) is 1. The fourth-order valence-electron chi connectivity index (χ4n) is 1.41. The summed E-state index contributed by atoms with van der Waals surface area (Å²) in [5.74, 6) is 7.11. The average Bonchev–Trinajstić information content (AvgIpc) is 2.28. The number of methoxy groups -OCH3 is 3. The quantitative estimate of drug-likeness (QED) is 0.634. The van der Waals surface area contributed by atoms with E-state index in [0.29, 0.717) is 23.8 Å². The number of ether oxygens (including phenoxy) is 3. The van der Waals surface area contributed by atoms with Crippen molar-refractivity contribution in [1.29, 1.82) is 0 Å². The fraction of sp³-hybridized carbons (Fsp3) is 0.400. The van der Waals surface area contributed by atoms with Crippen LogP contribution < -0.4 is 25.5 Å². The van der Waals surface area contributed by atoms with E-state index in [4.69, 9.17) is 20.1 Å². The van der Waals surface area contributed by atoms with Crippen LogP contribution in [-0.2, 0) is 6.54 Å². The lowest BCUT2D eigenvalue weighted by atomic mass is 10.1. The van der Waals surface area contributed by atoms with Gasteiger partial charge in [0.25, 0.3) is 0 Å². The fourth-order valence-corrected chi connectivity index (χ4v) is 1.41. The Balaban J connectivity index is 0. The number of halogens is 2. The van der Waals surface area contributed by atoms with Crippen LogP contribution in [0.2, 0.25) is 0 Å². The number of hydrazine groups is 1. The smallest absolute Gasteiger partial charge is 0.203 e. The van der Waals surface area contributed by atoms with Gasteiger partial charge in [-0.2, -0.15) is 0 Å². The molecule has 0 aliphatic carbocycles. The lowest BCUT2D eigenvalue weighted by molar-refractivity contribution is 0.321. The third-order valence-corrected chi connectivity index (χ3v) is 2.08. The van der Waals surface area contributed by atoms with Crippen molar-refractivity contribution in [3.8, 4) is 17.2 Å². The molecule has 0 amide bonds. The maximum atomic E-state index is 5.27. The molecule has 0 unspecified atom stereocenters. The van der Waals surface area contributed by atoms with Crippen LogP contribution in [0.1, 0.15) is 5.56 Å². The third-order valence-electron chi connectivity index (χ3n) is 2.08. The Hall–Kier alpha value is -0.880. The van der Waals surface area contributed by atoms with Crippen molar-refractivity contribution >= 4 is 24.8 Å². The SMILES string of the molecule is COc1ccc(CNN)c(OC)c1OC.Cl.Cl. The number of nitrogens with one attached hydrogen (secondary N) is 1. The van der Waals surface area contributed by atoms with Crippen molar-refractivity contribution in [3.63, 3.8) is 0 Å². The molecule has 0 atom stereocenters. The molecule has 0 aliphatic heterocycles. The second-order valence-corrected chi connectivity index (χ2v) is 2.87. The summed E-state index contributed by atoms with van der Waals surface area (Å²) in [6.07, 6.45) is 0. The standard InChI is InChI=1S/C10H16N2O3.2ClH/c1-13-8-5-4-7(6-12-11)9(14-2)10(8)15-3;;/h4-5,12H,6,11H2,1-3H3;2*1H. The molecule has 5 nitrogen and oxygen atoms in total. The highest BCUT2D eigenvalue weighted by Crippen LogP contribution is 2.39. The van der Waals surface area contributed by atoms with Crippen molar-refractivity contribution in [2.45, 2.75) is 6.54 Å². The number of rotatable bonds is 5. The summed E-state index contributed by atoms with van der Waals surface area (Å²) in [6, 6.07) is 3.69. The number of hydrogen-bond donors (Lipinski definition) is 2. The molecular formula is C10H18Cl2N2O3. The van der Waals surface area contributed by atoms with Gasteiger partial charge in [0.1, 0.15) is 0 Å². The monoisotopic (exact) mass is 284 g/mol. The molecule has 0 spiro atoms. The first-order chi connectivity index (χ1) is 7.28. The second-order valence-electron chi connectivity index (χ2n) is 2.87. The Kier molecular flexibility index (Phi) is 9.98.